The summed E-state index contributed by atoms with van der Waals surface area (Å²) in [7, 11) is 0. The number of anilines is 1. The van der Waals surface area contributed by atoms with Crippen molar-refractivity contribution in [2.75, 3.05) is 5.73 Å². The Morgan fingerprint density at radius 1 is 1.27 bits per heavy atom. The fourth-order valence-corrected chi connectivity index (χ4v) is 4.65. The Bertz CT molecular complexity index is 1100. The Balaban J connectivity index is 2.25. The molecule has 0 atom stereocenters. The number of para-hydroxylation sites is 1. The first kappa shape index (κ1) is 19.0. The van der Waals surface area contributed by atoms with E-state index in [0.717, 1.165) is 10.6 Å². The van der Waals surface area contributed by atoms with Crippen molar-refractivity contribution in [3.8, 4) is 0 Å². The minimum absolute atomic E-state index is 0.135. The molecule has 0 bridgehead atoms. The molecule has 2 N–H and O–H groups in total. The van der Waals surface area contributed by atoms with E-state index in [2.05, 4.69) is 36.4 Å². The number of nitrogen functional groups attached to an aromatic ring is 1. The summed E-state index contributed by atoms with van der Waals surface area (Å²) in [6.07, 6.45) is 0. The van der Waals surface area contributed by atoms with Crippen molar-refractivity contribution < 1.29 is 27.0 Å². The molecule has 0 spiro atoms. The van der Waals surface area contributed by atoms with Crippen LogP contribution in [0.3, 0.4) is 0 Å². The van der Waals surface area contributed by atoms with Crippen LogP contribution in [0.2, 0.25) is 0 Å². The molecule has 2 heterocycles. The number of aromatic nitrogens is 1. The summed E-state index contributed by atoms with van der Waals surface area (Å²) in [6.45, 7) is 6.59. The molecule has 0 saturated carbocycles. The highest BCUT2D eigenvalue weighted by atomic mass is 127. The fraction of sp³-hybridized carbons (Fsp3) is 0.263. The molecule has 0 aliphatic heterocycles. The van der Waals surface area contributed by atoms with E-state index in [1.165, 1.54) is 11.8 Å². The SMILES string of the molecule is Cc1cc2oc(=O)c(Sc3ccccc3N)c([I-])c2c(=O)n1CC(C)C. The third-order valence-corrected chi connectivity index (χ3v) is 6.57. The molecule has 137 valence electrons. The second-order valence-electron chi connectivity index (χ2n) is 6.51. The standard InChI is InChI=1S/C19H19IN2O3S/c1-10(2)9-22-11(3)8-13-15(18(22)23)16(20)17(19(24)25-13)26-14-7-5-4-6-12(14)21/h4-8,10H,9,21H2,1-3H3/q-1. The number of fused-ring (bicyclic) bond motifs is 1. The van der Waals surface area contributed by atoms with Gasteiger partial charge in [-0.3, -0.25) is 4.79 Å². The van der Waals surface area contributed by atoms with Gasteiger partial charge in [0.25, 0.3) is 5.56 Å². The third kappa shape index (κ3) is 3.55. The van der Waals surface area contributed by atoms with Crippen molar-refractivity contribution in [2.24, 2.45) is 5.92 Å². The number of halogens is 1. The van der Waals surface area contributed by atoms with Crippen LogP contribution in [0, 0.1) is 16.4 Å². The number of hydrogen-bond donors (Lipinski definition) is 1. The quantitative estimate of drug-likeness (QED) is 0.430. The van der Waals surface area contributed by atoms with Crippen LogP contribution >= 0.6 is 11.8 Å². The molecule has 26 heavy (non-hydrogen) atoms. The van der Waals surface area contributed by atoms with Crippen LogP contribution < -0.4 is 39.5 Å². The summed E-state index contributed by atoms with van der Waals surface area (Å²) >= 11 is 3.28. The Morgan fingerprint density at radius 3 is 2.62 bits per heavy atom. The number of benzene rings is 1. The van der Waals surface area contributed by atoms with Gasteiger partial charge in [0.1, 0.15) is 5.58 Å². The minimum atomic E-state index is -0.462. The van der Waals surface area contributed by atoms with E-state index in [9.17, 15) is 9.59 Å². The molecule has 3 aromatic rings. The maximum Gasteiger partial charge on any atom is 0.348 e. The van der Waals surface area contributed by atoms with Crippen LogP contribution in [0.4, 0.5) is 5.69 Å². The predicted octanol–water partition coefficient (Wildman–Crippen LogP) is 0.375. The molecule has 1 aromatic carbocycles. The summed E-state index contributed by atoms with van der Waals surface area (Å²) in [4.78, 5) is 26.7. The van der Waals surface area contributed by atoms with Gasteiger partial charge in [-0.25, -0.2) is 4.79 Å². The molecule has 2 aromatic heterocycles. The highest BCUT2D eigenvalue weighted by Gasteiger charge is 2.15. The highest BCUT2D eigenvalue weighted by Crippen LogP contribution is 2.31. The lowest BCUT2D eigenvalue weighted by Crippen LogP contribution is -3.34. The molecular weight excluding hydrogens is 463 g/mol. The average Bonchev–Trinajstić information content (AvgIpc) is 2.56. The number of pyridine rings is 1. The van der Waals surface area contributed by atoms with Gasteiger partial charge in [0, 0.05) is 28.9 Å². The molecule has 0 amide bonds. The lowest BCUT2D eigenvalue weighted by atomic mass is 10.2. The number of hydrogen-bond acceptors (Lipinski definition) is 5. The third-order valence-electron chi connectivity index (χ3n) is 3.96. The molecule has 0 fully saturated rings. The van der Waals surface area contributed by atoms with E-state index in [-0.39, 0.29) is 5.56 Å². The average molecular weight is 482 g/mol. The molecule has 5 nitrogen and oxygen atoms in total. The van der Waals surface area contributed by atoms with Crippen molar-refractivity contribution >= 4 is 28.4 Å². The Labute approximate surface area is 168 Å². The summed E-state index contributed by atoms with van der Waals surface area (Å²) in [6, 6.07) is 9.06. The highest BCUT2D eigenvalue weighted by molar-refractivity contribution is 7.99. The smallest absolute Gasteiger partial charge is 0.348 e. The summed E-state index contributed by atoms with van der Waals surface area (Å²) < 4.78 is 7.81. The van der Waals surface area contributed by atoms with Gasteiger partial charge in [-0.15, -0.1) is 0 Å². The first-order valence-corrected chi connectivity index (χ1v) is 10.1. The summed E-state index contributed by atoms with van der Waals surface area (Å²) in [5.41, 5.74) is 7.08. The van der Waals surface area contributed by atoms with Gasteiger partial charge in [-0.1, -0.05) is 37.7 Å². The van der Waals surface area contributed by atoms with Gasteiger partial charge in [0.15, 0.2) is 0 Å². The van der Waals surface area contributed by atoms with Crippen molar-refractivity contribution in [1.82, 2.24) is 4.57 Å². The lowest BCUT2D eigenvalue weighted by molar-refractivity contribution is -0.331. The largest absolute Gasteiger partial charge is 0.756 e. The molecular formula is C19H19IN2O3S-. The Morgan fingerprint density at radius 2 is 1.96 bits per heavy atom. The van der Waals surface area contributed by atoms with Gasteiger partial charge in [0.2, 0.25) is 0 Å². The van der Waals surface area contributed by atoms with Gasteiger partial charge in [0.05, 0.1) is 10.3 Å². The van der Waals surface area contributed by atoms with Crippen LogP contribution in [-0.2, 0) is 6.54 Å². The number of nitrogens with two attached hydrogens (primary N) is 1. The summed E-state index contributed by atoms with van der Waals surface area (Å²) in [5.74, 6) is 0.329. The normalized spacial score (nSPS) is 11.4. The topological polar surface area (TPSA) is 78.2 Å². The number of nitrogens with zero attached hydrogens (tertiary/aromatic N) is 1. The van der Waals surface area contributed by atoms with E-state index in [0.29, 0.717) is 37.6 Å². The molecule has 0 unspecified atom stereocenters. The van der Waals surface area contributed by atoms with Crippen LogP contribution in [0.25, 0.3) is 11.0 Å². The molecule has 7 heteroatoms. The Kier molecular flexibility index (Phi) is 5.47. The van der Waals surface area contributed by atoms with E-state index < -0.39 is 5.63 Å². The van der Waals surface area contributed by atoms with Gasteiger partial charge in [-0.2, -0.15) is 3.57 Å². The first-order valence-electron chi connectivity index (χ1n) is 8.18. The zero-order valence-corrected chi connectivity index (χ0v) is 17.7. The van der Waals surface area contributed by atoms with Crippen molar-refractivity contribution in [3.63, 3.8) is 0 Å². The van der Waals surface area contributed by atoms with Gasteiger partial charge in [-0.05, 0) is 25.0 Å². The minimum Gasteiger partial charge on any atom is -0.756 e. The van der Waals surface area contributed by atoms with E-state index in [1.54, 1.807) is 16.7 Å². The van der Waals surface area contributed by atoms with E-state index >= 15 is 0 Å². The maximum absolute atomic E-state index is 13.1. The zero-order chi connectivity index (χ0) is 19.0. The molecule has 1 radical (unpaired) electrons. The first-order chi connectivity index (χ1) is 12.3. The monoisotopic (exact) mass is 482 g/mol. The van der Waals surface area contributed by atoms with E-state index in [4.69, 9.17) is 10.2 Å². The van der Waals surface area contributed by atoms with Crippen molar-refractivity contribution in [1.29, 1.82) is 0 Å². The lowest BCUT2D eigenvalue weighted by Gasteiger charge is -2.19. The fourth-order valence-electron chi connectivity index (χ4n) is 2.73. The van der Waals surface area contributed by atoms with Crippen molar-refractivity contribution in [3.05, 3.63) is 60.4 Å². The molecule has 0 saturated heterocycles. The van der Waals surface area contributed by atoms with E-state index in [1.807, 2.05) is 25.1 Å². The zero-order valence-electron chi connectivity index (χ0n) is 14.7. The van der Waals surface area contributed by atoms with Crippen LogP contribution in [-0.4, -0.2) is 4.57 Å². The second kappa shape index (κ2) is 7.48. The Hall–Kier alpha value is -1.74. The second-order valence-corrected chi connectivity index (χ2v) is 8.64. The maximum atomic E-state index is 13.1. The van der Waals surface area contributed by atoms with Crippen LogP contribution in [0.1, 0.15) is 19.5 Å². The van der Waals surface area contributed by atoms with Crippen molar-refractivity contribution in [2.45, 2.75) is 37.1 Å². The van der Waals surface area contributed by atoms with Crippen LogP contribution in [0.15, 0.2) is 54.1 Å². The van der Waals surface area contributed by atoms with Crippen LogP contribution in [0.5, 0.6) is 0 Å². The molecule has 3 rings (SSSR count). The summed E-state index contributed by atoms with van der Waals surface area (Å²) in [5, 5.41) is 0.438. The predicted molar refractivity (Wildman–Crippen MR) is 100.0 cm³/mol. The molecule has 0 aliphatic rings. The number of rotatable bonds is 4. The van der Waals surface area contributed by atoms with Gasteiger partial charge < -0.3 is 37.3 Å². The van der Waals surface area contributed by atoms with Gasteiger partial charge >= 0.3 is 5.63 Å². The number of aryl methyl sites for hydroxylation is 1. The molecule has 0 aliphatic carbocycles.